The summed E-state index contributed by atoms with van der Waals surface area (Å²) in [6.45, 7) is 2.33. The van der Waals surface area contributed by atoms with E-state index in [1.165, 1.54) is 21.3 Å². The van der Waals surface area contributed by atoms with E-state index < -0.39 is 0 Å². The Hall–Kier alpha value is -0.0800. The van der Waals surface area contributed by atoms with Crippen molar-refractivity contribution in [2.45, 2.75) is 16.7 Å². The molecule has 0 amide bonds. The molecule has 0 aliphatic carbocycles. The molecule has 1 aliphatic heterocycles. The van der Waals surface area contributed by atoms with Crippen molar-refractivity contribution in [2.75, 3.05) is 11.5 Å². The Bertz CT molecular complexity index is 243. The van der Waals surface area contributed by atoms with Crippen LogP contribution in [0.25, 0.3) is 0 Å². The van der Waals surface area contributed by atoms with Gasteiger partial charge in [0.25, 0.3) is 0 Å². The van der Waals surface area contributed by atoms with Gasteiger partial charge in [0.15, 0.2) is 0 Å². The minimum absolute atomic E-state index is 0.840. The molecule has 0 N–H and O–H groups in total. The van der Waals surface area contributed by atoms with E-state index in [4.69, 9.17) is 0 Å². The van der Waals surface area contributed by atoms with E-state index in [-0.39, 0.29) is 0 Å². The summed E-state index contributed by atoms with van der Waals surface area (Å²) in [7, 11) is 0. The predicted octanol–water partition coefficient (Wildman–Crippen LogP) is 3.52. The number of hydrogen-bond donors (Lipinski definition) is 0. The Morgan fingerprint density at radius 1 is 1.08 bits per heavy atom. The van der Waals surface area contributed by atoms with Crippen LogP contribution < -0.4 is 0 Å². The molecule has 64 valence electrons. The molecule has 1 aromatic carbocycles. The van der Waals surface area contributed by atoms with E-state index in [0.29, 0.717) is 0 Å². The van der Waals surface area contributed by atoms with Crippen LogP contribution in [-0.2, 0) is 0 Å². The molecule has 0 spiro atoms. The molecule has 0 fully saturated rings. The second kappa shape index (κ2) is 3.75. The number of fused-ring (bicyclic) bond motifs is 1. The third-order valence-corrected chi connectivity index (χ3v) is 4.83. The van der Waals surface area contributed by atoms with E-state index in [1.54, 1.807) is 0 Å². The number of hydrogen-bond acceptors (Lipinski definition) is 2. The summed E-state index contributed by atoms with van der Waals surface area (Å²) < 4.78 is 0. The topological polar surface area (TPSA) is 0 Å². The van der Waals surface area contributed by atoms with Crippen LogP contribution in [0.5, 0.6) is 0 Å². The molecule has 1 aliphatic rings. The molecule has 2 rings (SSSR count). The van der Waals surface area contributed by atoms with Gasteiger partial charge in [-0.2, -0.15) is 0 Å². The van der Waals surface area contributed by atoms with Gasteiger partial charge in [0.2, 0.25) is 0 Å². The molecule has 2 heteroatoms. The van der Waals surface area contributed by atoms with Crippen LogP contribution in [0.1, 0.15) is 6.92 Å². The van der Waals surface area contributed by atoms with Crippen molar-refractivity contribution in [2.24, 2.45) is 5.92 Å². The first kappa shape index (κ1) is 8.52. The zero-order valence-electron chi connectivity index (χ0n) is 7.12. The Balaban J connectivity index is 2.26. The van der Waals surface area contributed by atoms with Gasteiger partial charge in [0, 0.05) is 21.3 Å². The number of benzene rings is 1. The summed E-state index contributed by atoms with van der Waals surface area (Å²) in [5.41, 5.74) is 0. The van der Waals surface area contributed by atoms with Crippen molar-refractivity contribution in [1.29, 1.82) is 0 Å². The van der Waals surface area contributed by atoms with E-state index in [0.717, 1.165) is 5.92 Å². The van der Waals surface area contributed by atoms with Gasteiger partial charge in [-0.3, -0.25) is 0 Å². The predicted molar refractivity (Wildman–Crippen MR) is 57.1 cm³/mol. The van der Waals surface area contributed by atoms with Crippen LogP contribution in [0.4, 0.5) is 0 Å². The van der Waals surface area contributed by atoms with Crippen LogP contribution in [-0.4, -0.2) is 11.5 Å². The molecule has 0 saturated carbocycles. The maximum Gasteiger partial charge on any atom is 0.0208 e. The van der Waals surface area contributed by atoms with Crippen molar-refractivity contribution in [3.05, 3.63) is 24.3 Å². The summed E-state index contributed by atoms with van der Waals surface area (Å²) >= 11 is 3.99. The highest BCUT2D eigenvalue weighted by Gasteiger charge is 2.12. The highest BCUT2D eigenvalue weighted by Crippen LogP contribution is 2.36. The summed E-state index contributed by atoms with van der Waals surface area (Å²) in [6, 6.07) is 8.71. The first-order valence-corrected chi connectivity index (χ1v) is 6.18. The highest BCUT2D eigenvalue weighted by molar-refractivity contribution is 8.03. The minimum atomic E-state index is 0.840. The third kappa shape index (κ3) is 1.80. The SMILES string of the molecule is CC1CSc2ccccc2SC1. The zero-order valence-corrected chi connectivity index (χ0v) is 8.75. The molecule has 0 nitrogen and oxygen atoms in total. The second-order valence-corrected chi connectivity index (χ2v) is 5.30. The maximum absolute atomic E-state index is 2.33. The Morgan fingerprint density at radius 3 is 2.08 bits per heavy atom. The van der Waals surface area contributed by atoms with Gasteiger partial charge in [-0.15, -0.1) is 23.5 Å². The van der Waals surface area contributed by atoms with Gasteiger partial charge < -0.3 is 0 Å². The molecule has 0 radical (unpaired) electrons. The molecule has 1 heterocycles. The zero-order chi connectivity index (χ0) is 8.39. The second-order valence-electron chi connectivity index (χ2n) is 3.17. The van der Waals surface area contributed by atoms with Crippen LogP contribution in [0.3, 0.4) is 0 Å². The average Bonchev–Trinajstić information content (AvgIpc) is 2.29. The molecule has 1 aromatic rings. The van der Waals surface area contributed by atoms with Crippen LogP contribution in [0, 0.1) is 5.92 Å². The monoisotopic (exact) mass is 196 g/mol. The van der Waals surface area contributed by atoms with Crippen LogP contribution in [0.2, 0.25) is 0 Å². The van der Waals surface area contributed by atoms with Crippen LogP contribution in [0.15, 0.2) is 34.1 Å². The molecule has 0 saturated heterocycles. The standard InChI is InChI=1S/C10H12S2/c1-8-6-11-9-4-2-3-5-10(9)12-7-8/h2-5,8H,6-7H2,1H3. The van der Waals surface area contributed by atoms with Gasteiger partial charge in [0.1, 0.15) is 0 Å². The maximum atomic E-state index is 2.33. The lowest BCUT2D eigenvalue weighted by Gasteiger charge is -2.02. The minimum Gasteiger partial charge on any atom is -0.125 e. The molecule has 12 heavy (non-hydrogen) atoms. The van der Waals surface area contributed by atoms with Crippen molar-refractivity contribution in [1.82, 2.24) is 0 Å². The lowest BCUT2D eigenvalue weighted by atomic mass is 10.3. The summed E-state index contributed by atoms with van der Waals surface area (Å²) in [4.78, 5) is 2.93. The largest absolute Gasteiger partial charge is 0.125 e. The Kier molecular flexibility index (Phi) is 2.66. The van der Waals surface area contributed by atoms with E-state index in [1.807, 2.05) is 23.5 Å². The van der Waals surface area contributed by atoms with E-state index in [9.17, 15) is 0 Å². The summed E-state index contributed by atoms with van der Waals surface area (Å²) in [5.74, 6) is 3.38. The van der Waals surface area contributed by atoms with Gasteiger partial charge in [-0.25, -0.2) is 0 Å². The number of thioether (sulfide) groups is 2. The molecular weight excluding hydrogens is 184 g/mol. The molecule has 0 aromatic heterocycles. The van der Waals surface area contributed by atoms with Crippen molar-refractivity contribution in [3.63, 3.8) is 0 Å². The van der Waals surface area contributed by atoms with Gasteiger partial charge in [-0.1, -0.05) is 19.1 Å². The lowest BCUT2D eigenvalue weighted by molar-refractivity contribution is 0.766. The lowest BCUT2D eigenvalue weighted by Crippen LogP contribution is -1.98. The summed E-state index contributed by atoms with van der Waals surface area (Å²) in [6.07, 6.45) is 0. The third-order valence-electron chi connectivity index (χ3n) is 1.90. The normalized spacial score (nSPS) is 18.4. The summed E-state index contributed by atoms with van der Waals surface area (Å²) in [5, 5.41) is 0. The fourth-order valence-electron chi connectivity index (χ4n) is 1.20. The van der Waals surface area contributed by atoms with E-state index in [2.05, 4.69) is 31.2 Å². The number of rotatable bonds is 0. The Morgan fingerprint density at radius 2 is 1.58 bits per heavy atom. The molecule has 0 atom stereocenters. The van der Waals surface area contributed by atoms with E-state index >= 15 is 0 Å². The van der Waals surface area contributed by atoms with Crippen molar-refractivity contribution < 1.29 is 0 Å². The Labute approximate surface area is 82.1 Å². The highest BCUT2D eigenvalue weighted by atomic mass is 32.2. The van der Waals surface area contributed by atoms with Gasteiger partial charge in [-0.05, 0) is 18.1 Å². The first-order valence-electron chi connectivity index (χ1n) is 4.21. The van der Waals surface area contributed by atoms with Crippen molar-refractivity contribution in [3.8, 4) is 0 Å². The molecular formula is C10H12S2. The first-order chi connectivity index (χ1) is 5.86. The fourth-order valence-corrected chi connectivity index (χ4v) is 3.64. The van der Waals surface area contributed by atoms with Crippen molar-refractivity contribution >= 4 is 23.5 Å². The quantitative estimate of drug-likeness (QED) is 0.622. The van der Waals surface area contributed by atoms with Crippen LogP contribution >= 0.6 is 23.5 Å². The molecule has 0 unspecified atom stereocenters. The fraction of sp³-hybridized carbons (Fsp3) is 0.400. The molecule has 0 bridgehead atoms. The smallest absolute Gasteiger partial charge is 0.0208 e. The van der Waals surface area contributed by atoms with Gasteiger partial charge in [0.05, 0.1) is 0 Å². The average molecular weight is 196 g/mol. The van der Waals surface area contributed by atoms with Gasteiger partial charge >= 0.3 is 0 Å².